The van der Waals surface area contributed by atoms with Gasteiger partial charge in [-0.05, 0) is 87.5 Å². The number of rotatable bonds is 9. The van der Waals surface area contributed by atoms with Crippen molar-refractivity contribution in [3.8, 4) is 17.6 Å². The lowest BCUT2D eigenvalue weighted by Crippen LogP contribution is -2.53. The molecule has 0 aliphatic heterocycles. The molecule has 2 amide bonds. The second kappa shape index (κ2) is 10.8. The van der Waals surface area contributed by atoms with Crippen LogP contribution in [0, 0.1) is 39.4 Å². The Labute approximate surface area is 242 Å². The van der Waals surface area contributed by atoms with E-state index in [4.69, 9.17) is 9.47 Å². The fourth-order valence-corrected chi connectivity index (χ4v) is 7.72. The minimum atomic E-state index is -0.809. The maximum atomic E-state index is 13.8. The number of carboxylic acids is 1. The molecule has 0 spiro atoms. The number of carbonyl (C=O) groups excluding carboxylic acids is 2. The summed E-state index contributed by atoms with van der Waals surface area (Å²) < 4.78 is 11.7. The minimum Gasteiger partial charge on any atom is -0.496 e. The van der Waals surface area contributed by atoms with Crippen molar-refractivity contribution in [2.24, 2.45) is 28.1 Å². The number of methoxy groups -OCH3 is 1. The Morgan fingerprint density at radius 3 is 2.34 bits per heavy atom. The van der Waals surface area contributed by atoms with E-state index >= 15 is 0 Å². The van der Waals surface area contributed by atoms with Crippen LogP contribution in [0.1, 0.15) is 101 Å². The van der Waals surface area contributed by atoms with Crippen molar-refractivity contribution in [2.45, 2.75) is 97.1 Å². The van der Waals surface area contributed by atoms with Crippen molar-refractivity contribution >= 4 is 17.8 Å². The normalized spacial score (nSPS) is 33.2. The molecule has 0 aromatic heterocycles. The number of nitrogens with zero attached hydrogens (tertiary/aromatic N) is 1. The summed E-state index contributed by atoms with van der Waals surface area (Å²) in [7, 11) is 1.46. The molecule has 4 saturated carbocycles. The van der Waals surface area contributed by atoms with Crippen LogP contribution in [0.2, 0.25) is 0 Å². The third-order valence-electron chi connectivity index (χ3n) is 10.8. The highest BCUT2D eigenvalue weighted by atomic mass is 16.5. The third-order valence-corrected chi connectivity index (χ3v) is 10.8. The first-order valence-corrected chi connectivity index (χ1v) is 15.0. The molecule has 41 heavy (non-hydrogen) atoms. The topological polar surface area (TPSA) is 138 Å². The van der Waals surface area contributed by atoms with Gasteiger partial charge in [0.15, 0.2) is 0 Å². The predicted octanol–water partition coefficient (Wildman–Crippen LogP) is 4.82. The van der Waals surface area contributed by atoms with E-state index in [-0.39, 0.29) is 69.3 Å². The van der Waals surface area contributed by atoms with Gasteiger partial charge >= 0.3 is 5.97 Å². The number of carbonyl (C=O) groups is 3. The van der Waals surface area contributed by atoms with E-state index in [1.165, 1.54) is 19.6 Å². The zero-order valence-electron chi connectivity index (χ0n) is 24.7. The first-order valence-electron chi connectivity index (χ1n) is 15.0. The average Bonchev–Trinajstić information content (AvgIpc) is 3.45. The van der Waals surface area contributed by atoms with Crippen molar-refractivity contribution in [1.82, 2.24) is 10.6 Å². The van der Waals surface area contributed by atoms with E-state index < -0.39 is 11.4 Å². The second-order valence-electron chi connectivity index (χ2n) is 13.9. The Balaban J connectivity index is 1.33. The number of carboxylic acid groups (broad SMARTS) is 1. The molecule has 2 bridgehead atoms. The molecule has 1 aromatic carbocycles. The van der Waals surface area contributed by atoms with Crippen molar-refractivity contribution in [3.63, 3.8) is 0 Å². The molecule has 222 valence electrons. The van der Waals surface area contributed by atoms with E-state index in [9.17, 15) is 24.8 Å². The van der Waals surface area contributed by atoms with Crippen LogP contribution >= 0.6 is 0 Å². The number of ether oxygens (including phenoxy) is 2. The summed E-state index contributed by atoms with van der Waals surface area (Å²) in [6, 6.07) is 4.92. The average molecular weight is 566 g/mol. The van der Waals surface area contributed by atoms with Crippen molar-refractivity contribution in [3.05, 3.63) is 23.3 Å². The van der Waals surface area contributed by atoms with E-state index in [0.717, 1.165) is 32.1 Å². The zero-order valence-corrected chi connectivity index (χ0v) is 24.7. The summed E-state index contributed by atoms with van der Waals surface area (Å²) in [5.41, 5.74) is -0.259. The van der Waals surface area contributed by atoms with Gasteiger partial charge in [-0.3, -0.25) is 14.4 Å². The number of hydrogen-bond donors (Lipinski definition) is 3. The van der Waals surface area contributed by atoms with Gasteiger partial charge in [0.25, 0.3) is 5.91 Å². The molecule has 0 unspecified atom stereocenters. The number of nitrogens with one attached hydrogen (secondary N) is 2. The molecule has 4 aliphatic rings. The molecular weight excluding hydrogens is 522 g/mol. The summed E-state index contributed by atoms with van der Waals surface area (Å²) in [6.07, 6.45) is 8.08. The van der Waals surface area contributed by atoms with Gasteiger partial charge in [-0.25, -0.2) is 0 Å². The Kier molecular flexibility index (Phi) is 7.73. The van der Waals surface area contributed by atoms with Crippen LogP contribution in [0.4, 0.5) is 0 Å². The van der Waals surface area contributed by atoms with Gasteiger partial charge in [-0.1, -0.05) is 20.3 Å². The number of fused-ring (bicyclic) bond motifs is 2. The number of nitriles is 1. The van der Waals surface area contributed by atoms with Crippen LogP contribution in [-0.4, -0.2) is 48.7 Å². The van der Waals surface area contributed by atoms with Gasteiger partial charge in [0.05, 0.1) is 35.7 Å². The summed E-state index contributed by atoms with van der Waals surface area (Å²) in [5.74, 6) is -0.676. The van der Waals surface area contributed by atoms with Crippen LogP contribution in [-0.2, 0) is 9.59 Å². The van der Waals surface area contributed by atoms with Gasteiger partial charge in [0.1, 0.15) is 17.6 Å². The molecule has 9 nitrogen and oxygen atoms in total. The summed E-state index contributed by atoms with van der Waals surface area (Å²) in [5, 5.41) is 25.8. The maximum Gasteiger partial charge on any atom is 0.309 e. The van der Waals surface area contributed by atoms with Gasteiger partial charge in [0.2, 0.25) is 5.91 Å². The molecule has 0 radical (unpaired) electrons. The Bertz CT molecular complexity index is 1260. The fourth-order valence-electron chi connectivity index (χ4n) is 7.72. The smallest absolute Gasteiger partial charge is 0.309 e. The number of benzene rings is 1. The minimum absolute atomic E-state index is 0.0228. The first kappa shape index (κ1) is 29.2. The van der Waals surface area contributed by atoms with Gasteiger partial charge in [0, 0.05) is 18.7 Å². The molecule has 9 heteroatoms. The Hall–Kier alpha value is -3.28. The van der Waals surface area contributed by atoms with Crippen LogP contribution in [0.25, 0.3) is 0 Å². The molecule has 0 heterocycles. The van der Waals surface area contributed by atoms with Gasteiger partial charge in [-0.15, -0.1) is 0 Å². The highest BCUT2D eigenvalue weighted by Gasteiger charge is 2.58. The van der Waals surface area contributed by atoms with Crippen molar-refractivity contribution in [2.75, 3.05) is 13.7 Å². The van der Waals surface area contributed by atoms with E-state index in [0.29, 0.717) is 32.2 Å². The highest BCUT2D eigenvalue weighted by Crippen LogP contribution is 2.57. The van der Waals surface area contributed by atoms with Crippen molar-refractivity contribution in [1.29, 1.82) is 5.26 Å². The summed E-state index contributed by atoms with van der Waals surface area (Å²) in [6.45, 7) is 6.80. The Morgan fingerprint density at radius 1 is 1.05 bits per heavy atom. The number of amides is 2. The standard InChI is InChI=1S/C32H43N3O6/c1-30(9-5-10-30)18-34-28(37)25-26(19-6-11-32(25,3)16-19)35-27(36)22-15-23(20(17-33)14-24(22)40-4)41-21-7-12-31(2,13-8-21)29(38)39/h14-15,19,21,25-26H,5-13,16,18H2,1-4H3,(H,34,37)(H,35,36)(H,38,39)/t19-,21?,25+,26-,31?,32+/m1/s1. The molecule has 3 N–H and O–H groups in total. The first-order chi connectivity index (χ1) is 19.4. The van der Waals surface area contributed by atoms with Crippen LogP contribution in [0.5, 0.6) is 11.5 Å². The maximum absolute atomic E-state index is 13.8. The molecule has 4 aliphatic carbocycles. The van der Waals surface area contributed by atoms with Crippen LogP contribution in [0.15, 0.2) is 12.1 Å². The monoisotopic (exact) mass is 565 g/mol. The molecule has 1 aromatic rings. The second-order valence-corrected chi connectivity index (χ2v) is 13.9. The largest absolute Gasteiger partial charge is 0.496 e. The van der Waals surface area contributed by atoms with Crippen molar-refractivity contribution < 1.29 is 29.0 Å². The molecule has 0 saturated heterocycles. The summed E-state index contributed by atoms with van der Waals surface area (Å²) >= 11 is 0. The molecule has 5 rings (SSSR count). The molecule has 4 atom stereocenters. The van der Waals surface area contributed by atoms with Gasteiger partial charge < -0.3 is 25.2 Å². The van der Waals surface area contributed by atoms with E-state index in [1.807, 2.05) is 0 Å². The summed E-state index contributed by atoms with van der Waals surface area (Å²) in [4.78, 5) is 39.0. The molecule has 4 fully saturated rings. The fraction of sp³-hybridized carbons (Fsp3) is 0.688. The van der Waals surface area contributed by atoms with Crippen LogP contribution in [0.3, 0.4) is 0 Å². The zero-order chi connectivity index (χ0) is 29.6. The lowest BCUT2D eigenvalue weighted by molar-refractivity contribution is -0.150. The van der Waals surface area contributed by atoms with Crippen LogP contribution < -0.4 is 20.1 Å². The van der Waals surface area contributed by atoms with Gasteiger partial charge in [-0.2, -0.15) is 5.26 Å². The van der Waals surface area contributed by atoms with E-state index in [1.54, 1.807) is 13.0 Å². The lowest BCUT2D eigenvalue weighted by Gasteiger charge is -2.40. The highest BCUT2D eigenvalue weighted by molar-refractivity contribution is 5.98. The third kappa shape index (κ3) is 5.50. The predicted molar refractivity (Wildman–Crippen MR) is 151 cm³/mol. The van der Waals surface area contributed by atoms with E-state index in [2.05, 4.69) is 30.6 Å². The SMILES string of the molecule is COc1cc(C#N)c(OC2CCC(C)(C(=O)O)CC2)cc1C(=O)N[C@@H]1[C@@H]2CC[C@@](C)(C2)[C@@H]1C(=O)NCC1(C)CCC1. The molecular formula is C32H43N3O6. The number of aliphatic carboxylic acids is 1. The quantitative estimate of drug-likeness (QED) is 0.390. The lowest BCUT2D eigenvalue weighted by atomic mass is 9.70. The number of hydrogen-bond acceptors (Lipinski definition) is 6. The Morgan fingerprint density at radius 2 is 1.76 bits per heavy atom.